The number of hydrogen-bond acceptors (Lipinski definition) is 3. The predicted molar refractivity (Wildman–Crippen MR) is 83.8 cm³/mol. The van der Waals surface area contributed by atoms with Crippen molar-refractivity contribution in [3.05, 3.63) is 29.8 Å². The molecule has 2 fully saturated rings. The maximum absolute atomic E-state index is 9.61. The summed E-state index contributed by atoms with van der Waals surface area (Å²) in [5, 5.41) is 17.6. The maximum atomic E-state index is 9.61. The van der Waals surface area contributed by atoms with Gasteiger partial charge in [0.05, 0.1) is 6.21 Å². The van der Waals surface area contributed by atoms with Crippen molar-refractivity contribution in [2.45, 2.75) is 31.7 Å². The van der Waals surface area contributed by atoms with Gasteiger partial charge in [-0.1, -0.05) is 18.6 Å². The van der Waals surface area contributed by atoms with Crippen LogP contribution in [0, 0.1) is 11.8 Å². The van der Waals surface area contributed by atoms with E-state index in [1.165, 1.54) is 25.7 Å². The number of phenols is 1. The minimum Gasteiger partial charge on any atom is -0.507 e. The zero-order chi connectivity index (χ0) is 13.9. The zero-order valence-corrected chi connectivity index (χ0v) is 12.1. The highest BCUT2D eigenvalue weighted by molar-refractivity contribution is 7.80. The summed E-state index contributed by atoms with van der Waals surface area (Å²) in [6.45, 7) is 0. The Morgan fingerprint density at radius 3 is 2.85 bits per heavy atom. The Balaban J connectivity index is 1.49. The van der Waals surface area contributed by atoms with Crippen molar-refractivity contribution in [2.75, 3.05) is 0 Å². The molecule has 2 aliphatic rings. The van der Waals surface area contributed by atoms with Crippen molar-refractivity contribution < 1.29 is 5.11 Å². The third kappa shape index (κ3) is 2.93. The molecule has 0 radical (unpaired) electrons. The molecule has 2 aliphatic carbocycles. The number of thiocarbonyl (C=S) groups is 1. The summed E-state index contributed by atoms with van der Waals surface area (Å²) in [4.78, 5) is 0. The molecule has 0 heterocycles. The van der Waals surface area contributed by atoms with Crippen LogP contribution in [0.2, 0.25) is 0 Å². The molecule has 106 valence electrons. The Kier molecular flexibility index (Phi) is 3.87. The van der Waals surface area contributed by atoms with Crippen LogP contribution in [0.3, 0.4) is 0 Å². The first-order valence-corrected chi connectivity index (χ1v) is 7.51. The quantitative estimate of drug-likeness (QED) is 0.454. The molecule has 0 saturated heterocycles. The van der Waals surface area contributed by atoms with Gasteiger partial charge in [-0.3, -0.25) is 5.43 Å². The fourth-order valence-electron chi connectivity index (χ4n) is 3.38. The number of aromatic hydroxyl groups is 1. The molecule has 0 amide bonds. The first kappa shape index (κ1) is 13.4. The zero-order valence-electron chi connectivity index (χ0n) is 11.2. The Bertz CT molecular complexity index is 532. The highest BCUT2D eigenvalue weighted by Crippen LogP contribution is 2.44. The van der Waals surface area contributed by atoms with Crippen molar-refractivity contribution in [3.63, 3.8) is 0 Å². The second-order valence-electron chi connectivity index (χ2n) is 5.68. The lowest BCUT2D eigenvalue weighted by Gasteiger charge is -2.23. The largest absolute Gasteiger partial charge is 0.507 e. The summed E-state index contributed by atoms with van der Waals surface area (Å²) in [5.41, 5.74) is 3.49. The van der Waals surface area contributed by atoms with Crippen LogP contribution < -0.4 is 10.7 Å². The average molecular weight is 289 g/mol. The normalized spacial score (nSPS) is 27.9. The summed E-state index contributed by atoms with van der Waals surface area (Å²) >= 11 is 5.26. The molecule has 3 rings (SSSR count). The Hall–Kier alpha value is -1.62. The average Bonchev–Trinajstić information content (AvgIpc) is 3.03. The van der Waals surface area contributed by atoms with E-state index in [2.05, 4.69) is 15.8 Å². The standard InChI is InChI=1S/C15H19N3OS/c19-14-4-2-1-3-12(14)9-16-18-15(20)17-13-8-10-5-6-11(13)7-10/h1-4,9-11,13,19H,5-8H2,(H2,17,18,20)/b16-9+. The number of hydrazone groups is 1. The molecule has 0 aliphatic heterocycles. The third-order valence-corrected chi connectivity index (χ3v) is 4.57. The van der Waals surface area contributed by atoms with E-state index in [1.807, 2.05) is 6.07 Å². The van der Waals surface area contributed by atoms with Crippen LogP contribution in [0.1, 0.15) is 31.2 Å². The fraction of sp³-hybridized carbons (Fsp3) is 0.467. The molecule has 3 N–H and O–H groups in total. The molecule has 4 nitrogen and oxygen atoms in total. The number of rotatable bonds is 3. The molecule has 3 atom stereocenters. The Morgan fingerprint density at radius 2 is 2.15 bits per heavy atom. The van der Waals surface area contributed by atoms with Gasteiger partial charge in [-0.25, -0.2) is 0 Å². The summed E-state index contributed by atoms with van der Waals surface area (Å²) in [5.74, 6) is 1.89. The van der Waals surface area contributed by atoms with Gasteiger partial charge in [0, 0.05) is 11.6 Å². The molecule has 2 saturated carbocycles. The van der Waals surface area contributed by atoms with Crippen molar-refractivity contribution in [1.29, 1.82) is 0 Å². The summed E-state index contributed by atoms with van der Waals surface area (Å²) in [6, 6.07) is 7.57. The van der Waals surface area contributed by atoms with E-state index in [0.29, 0.717) is 16.7 Å². The molecular formula is C15H19N3OS. The highest BCUT2D eigenvalue weighted by Gasteiger charge is 2.39. The van der Waals surface area contributed by atoms with E-state index >= 15 is 0 Å². The van der Waals surface area contributed by atoms with Crippen LogP contribution >= 0.6 is 12.2 Å². The van der Waals surface area contributed by atoms with E-state index in [4.69, 9.17) is 12.2 Å². The number of benzene rings is 1. The maximum Gasteiger partial charge on any atom is 0.187 e. The van der Waals surface area contributed by atoms with Crippen LogP contribution in [-0.2, 0) is 0 Å². The number of hydrogen-bond donors (Lipinski definition) is 3. The first-order chi connectivity index (χ1) is 9.72. The lowest BCUT2D eigenvalue weighted by Crippen LogP contribution is -2.42. The molecule has 5 heteroatoms. The summed E-state index contributed by atoms with van der Waals surface area (Å²) in [7, 11) is 0. The van der Waals surface area contributed by atoms with Crippen LogP contribution in [0.15, 0.2) is 29.4 Å². The molecule has 20 heavy (non-hydrogen) atoms. The van der Waals surface area contributed by atoms with E-state index < -0.39 is 0 Å². The van der Waals surface area contributed by atoms with Gasteiger partial charge in [0.1, 0.15) is 5.75 Å². The van der Waals surface area contributed by atoms with Gasteiger partial charge in [0.15, 0.2) is 5.11 Å². The van der Waals surface area contributed by atoms with E-state index in [1.54, 1.807) is 24.4 Å². The number of fused-ring (bicyclic) bond motifs is 2. The Labute approximate surface area is 124 Å². The lowest BCUT2D eigenvalue weighted by molar-refractivity contribution is 0.389. The molecule has 2 bridgehead atoms. The minimum atomic E-state index is 0.213. The van der Waals surface area contributed by atoms with E-state index in [9.17, 15) is 5.11 Å². The van der Waals surface area contributed by atoms with E-state index in [-0.39, 0.29) is 5.75 Å². The number of nitrogens with one attached hydrogen (secondary N) is 2. The monoisotopic (exact) mass is 289 g/mol. The second kappa shape index (κ2) is 5.79. The SMILES string of the molecule is Oc1ccccc1/C=N/NC(=S)NC1CC2CCC1C2. The van der Waals surface area contributed by atoms with Crippen molar-refractivity contribution >= 4 is 23.5 Å². The molecule has 3 unspecified atom stereocenters. The fourth-order valence-corrected chi connectivity index (χ4v) is 3.58. The van der Waals surface area contributed by atoms with Gasteiger partial charge in [0.25, 0.3) is 0 Å². The van der Waals surface area contributed by atoms with Gasteiger partial charge in [0.2, 0.25) is 0 Å². The van der Waals surface area contributed by atoms with Crippen molar-refractivity contribution in [3.8, 4) is 5.75 Å². The van der Waals surface area contributed by atoms with Crippen LogP contribution in [0.4, 0.5) is 0 Å². The lowest BCUT2D eigenvalue weighted by atomic mass is 9.96. The third-order valence-electron chi connectivity index (χ3n) is 4.36. The first-order valence-electron chi connectivity index (χ1n) is 7.10. The van der Waals surface area contributed by atoms with Gasteiger partial charge in [-0.05, 0) is 55.4 Å². The molecule has 0 aromatic heterocycles. The van der Waals surface area contributed by atoms with Gasteiger partial charge in [-0.15, -0.1) is 0 Å². The summed E-state index contributed by atoms with van der Waals surface area (Å²) in [6.07, 6.45) is 6.86. The molecule has 1 aromatic carbocycles. The highest BCUT2D eigenvalue weighted by atomic mass is 32.1. The van der Waals surface area contributed by atoms with Crippen molar-refractivity contribution in [2.24, 2.45) is 16.9 Å². The van der Waals surface area contributed by atoms with E-state index in [0.717, 1.165) is 11.8 Å². The topological polar surface area (TPSA) is 56.7 Å². The second-order valence-corrected chi connectivity index (χ2v) is 6.09. The molecule has 0 spiro atoms. The van der Waals surface area contributed by atoms with Crippen molar-refractivity contribution in [1.82, 2.24) is 10.7 Å². The molecular weight excluding hydrogens is 270 g/mol. The Morgan fingerprint density at radius 1 is 1.30 bits per heavy atom. The van der Waals surface area contributed by atoms with Gasteiger partial charge >= 0.3 is 0 Å². The summed E-state index contributed by atoms with van der Waals surface area (Å²) < 4.78 is 0. The van der Waals surface area contributed by atoms with Crippen LogP contribution in [-0.4, -0.2) is 22.5 Å². The molecule has 1 aromatic rings. The minimum absolute atomic E-state index is 0.213. The number of nitrogens with zero attached hydrogens (tertiary/aromatic N) is 1. The number of para-hydroxylation sites is 1. The predicted octanol–water partition coefficient (Wildman–Crippen LogP) is 2.38. The van der Waals surface area contributed by atoms with Crippen LogP contribution in [0.25, 0.3) is 0 Å². The van der Waals surface area contributed by atoms with Crippen LogP contribution in [0.5, 0.6) is 5.75 Å². The van der Waals surface area contributed by atoms with Gasteiger partial charge in [-0.2, -0.15) is 5.10 Å². The number of phenolic OH excluding ortho intramolecular Hbond substituents is 1. The van der Waals surface area contributed by atoms with Gasteiger partial charge < -0.3 is 10.4 Å². The smallest absolute Gasteiger partial charge is 0.187 e.